The molecule has 0 spiro atoms. The normalized spacial score (nSPS) is 23.3. The third kappa shape index (κ3) is 3.79. The molecule has 1 heterocycles. The van der Waals surface area contributed by atoms with Gasteiger partial charge in [0.15, 0.2) is 0 Å². The van der Waals surface area contributed by atoms with Gasteiger partial charge < -0.3 is 14.6 Å². The summed E-state index contributed by atoms with van der Waals surface area (Å²) in [6, 6.07) is 6.12. The second-order valence-corrected chi connectivity index (χ2v) is 8.13. The molecule has 0 aliphatic heterocycles. The molecule has 2 aliphatic rings. The Balaban J connectivity index is 1.56. The maximum atomic E-state index is 6.41. The fourth-order valence-electron chi connectivity index (χ4n) is 3.77. The van der Waals surface area contributed by atoms with Gasteiger partial charge in [-0.05, 0) is 57.7 Å². The van der Waals surface area contributed by atoms with Gasteiger partial charge in [0.1, 0.15) is 11.5 Å². The fraction of sp³-hybridized carbons (Fsp3) is 0.550. The number of hydrogen-bond donors (Lipinski definition) is 1. The molecule has 4 rings (SSSR count). The third-order valence-corrected chi connectivity index (χ3v) is 6.14. The van der Waals surface area contributed by atoms with Crippen LogP contribution in [0.1, 0.15) is 55.8 Å². The van der Waals surface area contributed by atoms with Crippen LogP contribution >= 0.6 is 23.2 Å². The van der Waals surface area contributed by atoms with Crippen molar-refractivity contribution in [3.8, 4) is 11.3 Å². The standard InChI is InChI=1S/C20H24Cl2N2O2/c1-23-13-7-9-14(10-8-13)25-11-15-19(24-26-20(15)12-5-6-12)18-16(21)3-2-4-17(18)22/h2-4,12-14,23H,5-11H2,1H3/t13-,14+. The minimum atomic E-state index is 0.288. The lowest BCUT2D eigenvalue weighted by molar-refractivity contribution is 0.0114. The molecule has 1 N–H and O–H groups in total. The first-order valence-corrected chi connectivity index (χ1v) is 10.1. The smallest absolute Gasteiger partial charge is 0.145 e. The molecule has 0 radical (unpaired) electrons. The van der Waals surface area contributed by atoms with Crippen molar-refractivity contribution in [2.24, 2.45) is 0 Å². The number of nitrogens with one attached hydrogen (secondary N) is 1. The van der Waals surface area contributed by atoms with Gasteiger partial charge in [-0.15, -0.1) is 0 Å². The highest BCUT2D eigenvalue weighted by atomic mass is 35.5. The summed E-state index contributed by atoms with van der Waals surface area (Å²) in [7, 11) is 2.03. The molecule has 2 saturated carbocycles. The number of aromatic nitrogens is 1. The average molecular weight is 395 g/mol. The molecule has 2 aliphatic carbocycles. The Hall–Kier alpha value is -1.07. The number of rotatable bonds is 6. The van der Waals surface area contributed by atoms with Crippen LogP contribution in [0.4, 0.5) is 0 Å². The van der Waals surface area contributed by atoms with Gasteiger partial charge in [0.2, 0.25) is 0 Å². The Morgan fingerprint density at radius 3 is 2.42 bits per heavy atom. The maximum absolute atomic E-state index is 6.41. The largest absolute Gasteiger partial charge is 0.373 e. The highest BCUT2D eigenvalue weighted by Gasteiger charge is 2.34. The Morgan fingerprint density at radius 2 is 1.81 bits per heavy atom. The van der Waals surface area contributed by atoms with E-state index in [1.54, 1.807) is 0 Å². The van der Waals surface area contributed by atoms with E-state index in [9.17, 15) is 0 Å². The zero-order valence-corrected chi connectivity index (χ0v) is 16.4. The van der Waals surface area contributed by atoms with Crippen molar-refractivity contribution >= 4 is 23.2 Å². The molecule has 1 aromatic carbocycles. The third-order valence-electron chi connectivity index (χ3n) is 5.51. The second-order valence-electron chi connectivity index (χ2n) is 7.32. The predicted octanol–water partition coefficient (Wildman–Crippen LogP) is 5.57. The Bertz CT molecular complexity index is 745. The number of benzene rings is 1. The first kappa shape index (κ1) is 18.3. The van der Waals surface area contributed by atoms with Gasteiger partial charge in [0.05, 0.1) is 22.8 Å². The van der Waals surface area contributed by atoms with Gasteiger partial charge in [-0.25, -0.2) is 0 Å². The van der Waals surface area contributed by atoms with Crippen molar-refractivity contribution in [2.75, 3.05) is 7.05 Å². The molecule has 0 atom stereocenters. The molecule has 6 heteroatoms. The van der Waals surface area contributed by atoms with Crippen molar-refractivity contribution in [3.63, 3.8) is 0 Å². The summed E-state index contributed by atoms with van der Waals surface area (Å²) in [6.45, 7) is 0.501. The fourth-order valence-corrected chi connectivity index (χ4v) is 4.34. The van der Waals surface area contributed by atoms with Gasteiger partial charge in [0, 0.05) is 23.1 Å². The van der Waals surface area contributed by atoms with E-state index in [-0.39, 0.29) is 6.10 Å². The molecular formula is C20H24Cl2N2O2. The van der Waals surface area contributed by atoms with E-state index < -0.39 is 0 Å². The molecule has 0 bridgehead atoms. The van der Waals surface area contributed by atoms with Crippen molar-refractivity contribution in [1.29, 1.82) is 0 Å². The van der Waals surface area contributed by atoms with Crippen LogP contribution < -0.4 is 5.32 Å². The average Bonchev–Trinajstić information content (AvgIpc) is 3.41. The van der Waals surface area contributed by atoms with Crippen LogP contribution in [0.25, 0.3) is 11.3 Å². The van der Waals surface area contributed by atoms with E-state index in [0.717, 1.165) is 61.1 Å². The van der Waals surface area contributed by atoms with Crippen LogP contribution in [0.2, 0.25) is 10.0 Å². The molecule has 140 valence electrons. The molecule has 2 fully saturated rings. The molecular weight excluding hydrogens is 371 g/mol. The zero-order valence-electron chi connectivity index (χ0n) is 14.9. The first-order chi connectivity index (χ1) is 12.7. The van der Waals surface area contributed by atoms with E-state index in [0.29, 0.717) is 28.6 Å². The van der Waals surface area contributed by atoms with Crippen LogP contribution in [0, 0.1) is 0 Å². The Kier molecular flexibility index (Phi) is 5.55. The lowest BCUT2D eigenvalue weighted by Gasteiger charge is -2.28. The van der Waals surface area contributed by atoms with Crippen LogP contribution in [0.5, 0.6) is 0 Å². The zero-order chi connectivity index (χ0) is 18.1. The summed E-state index contributed by atoms with van der Waals surface area (Å²) < 4.78 is 12.0. The number of nitrogens with zero attached hydrogens (tertiary/aromatic N) is 1. The minimum Gasteiger partial charge on any atom is -0.373 e. The molecule has 26 heavy (non-hydrogen) atoms. The molecule has 2 aromatic rings. The summed E-state index contributed by atoms with van der Waals surface area (Å²) in [5.41, 5.74) is 2.48. The highest BCUT2D eigenvalue weighted by molar-refractivity contribution is 6.39. The topological polar surface area (TPSA) is 47.3 Å². The van der Waals surface area contributed by atoms with Gasteiger partial charge >= 0.3 is 0 Å². The van der Waals surface area contributed by atoms with E-state index in [1.807, 2.05) is 25.2 Å². The quantitative estimate of drug-likeness (QED) is 0.694. The van der Waals surface area contributed by atoms with E-state index in [1.165, 1.54) is 0 Å². The molecule has 1 aromatic heterocycles. The lowest BCUT2D eigenvalue weighted by Crippen LogP contribution is -2.32. The first-order valence-electron chi connectivity index (χ1n) is 9.39. The lowest BCUT2D eigenvalue weighted by atomic mass is 9.93. The summed E-state index contributed by atoms with van der Waals surface area (Å²) in [5, 5.41) is 8.86. The summed E-state index contributed by atoms with van der Waals surface area (Å²) >= 11 is 12.8. The number of halogens is 2. The predicted molar refractivity (Wildman–Crippen MR) is 104 cm³/mol. The summed E-state index contributed by atoms with van der Waals surface area (Å²) in [4.78, 5) is 0. The summed E-state index contributed by atoms with van der Waals surface area (Å²) in [6.07, 6.45) is 7.05. The van der Waals surface area contributed by atoms with Crippen molar-refractivity contribution in [2.45, 2.75) is 63.2 Å². The van der Waals surface area contributed by atoms with E-state index >= 15 is 0 Å². The Morgan fingerprint density at radius 1 is 1.12 bits per heavy atom. The van der Waals surface area contributed by atoms with Gasteiger partial charge in [-0.1, -0.05) is 34.4 Å². The van der Waals surface area contributed by atoms with E-state index in [2.05, 4.69) is 10.5 Å². The second kappa shape index (κ2) is 7.89. The molecule has 0 unspecified atom stereocenters. The molecule has 0 amide bonds. The van der Waals surface area contributed by atoms with Crippen molar-refractivity contribution in [3.05, 3.63) is 39.6 Å². The Labute approximate surface area is 164 Å². The van der Waals surface area contributed by atoms with Gasteiger partial charge in [0.25, 0.3) is 0 Å². The minimum absolute atomic E-state index is 0.288. The monoisotopic (exact) mass is 394 g/mol. The summed E-state index contributed by atoms with van der Waals surface area (Å²) in [5.74, 6) is 1.40. The maximum Gasteiger partial charge on any atom is 0.145 e. The van der Waals surface area contributed by atoms with Gasteiger partial charge in [-0.3, -0.25) is 0 Å². The van der Waals surface area contributed by atoms with Crippen LogP contribution in [0.3, 0.4) is 0 Å². The molecule has 4 nitrogen and oxygen atoms in total. The highest BCUT2D eigenvalue weighted by Crippen LogP contribution is 2.46. The van der Waals surface area contributed by atoms with Crippen LogP contribution in [0.15, 0.2) is 22.7 Å². The van der Waals surface area contributed by atoms with E-state index in [4.69, 9.17) is 32.5 Å². The molecule has 0 saturated heterocycles. The SMILES string of the molecule is CN[C@H]1CC[C@@H](OCc2c(-c3c(Cl)cccc3Cl)noc2C2CC2)CC1. The van der Waals surface area contributed by atoms with Crippen LogP contribution in [-0.2, 0) is 11.3 Å². The number of hydrogen-bond acceptors (Lipinski definition) is 4. The van der Waals surface area contributed by atoms with Crippen molar-refractivity contribution < 1.29 is 9.26 Å². The van der Waals surface area contributed by atoms with Crippen molar-refractivity contribution in [1.82, 2.24) is 10.5 Å². The van der Waals surface area contributed by atoms with Crippen LogP contribution in [-0.4, -0.2) is 24.4 Å². The number of ether oxygens (including phenoxy) is 1. The van der Waals surface area contributed by atoms with Gasteiger partial charge in [-0.2, -0.15) is 0 Å².